The molecule has 0 radical (unpaired) electrons. The lowest BCUT2D eigenvalue weighted by Crippen LogP contribution is -2.46. The molecule has 0 spiro atoms. The Morgan fingerprint density at radius 1 is 1.08 bits per heavy atom. The number of aromatic hydroxyl groups is 1. The van der Waals surface area contributed by atoms with Crippen LogP contribution < -0.4 is 4.90 Å². The fourth-order valence-electron chi connectivity index (χ4n) is 4.29. The highest BCUT2D eigenvalue weighted by Gasteiger charge is 2.44. The van der Waals surface area contributed by atoms with Crippen LogP contribution in [0.2, 0.25) is 0 Å². The minimum absolute atomic E-state index is 0.110. The van der Waals surface area contributed by atoms with Crippen molar-refractivity contribution < 1.29 is 9.50 Å². The van der Waals surface area contributed by atoms with Gasteiger partial charge in [0.15, 0.2) is 5.82 Å². The number of para-hydroxylation sites is 1. The van der Waals surface area contributed by atoms with Crippen LogP contribution in [0.3, 0.4) is 0 Å². The highest BCUT2D eigenvalue weighted by atomic mass is 19.1. The van der Waals surface area contributed by atoms with Crippen LogP contribution in [0.4, 0.5) is 10.2 Å². The minimum atomic E-state index is -0.784. The molecule has 2 aromatic rings. The normalized spacial score (nSPS) is 28.8. The first kappa shape index (κ1) is 15.4. The summed E-state index contributed by atoms with van der Waals surface area (Å²) in [5.74, 6) is 1.73. The van der Waals surface area contributed by atoms with Crippen LogP contribution in [0.15, 0.2) is 36.4 Å². The van der Waals surface area contributed by atoms with E-state index in [-0.39, 0.29) is 17.7 Å². The summed E-state index contributed by atoms with van der Waals surface area (Å²) >= 11 is 0. The summed E-state index contributed by atoms with van der Waals surface area (Å²) in [6.45, 7) is 0. The van der Waals surface area contributed by atoms with E-state index >= 15 is 0 Å². The van der Waals surface area contributed by atoms with Crippen molar-refractivity contribution in [2.75, 3.05) is 11.9 Å². The molecule has 0 aliphatic heterocycles. The Morgan fingerprint density at radius 3 is 2.67 bits per heavy atom. The molecule has 2 aliphatic carbocycles. The number of hydrogen-bond acceptors (Lipinski definition) is 4. The van der Waals surface area contributed by atoms with Gasteiger partial charge in [-0.25, -0.2) is 4.39 Å². The summed E-state index contributed by atoms with van der Waals surface area (Å²) < 4.78 is 14.7. The number of rotatable bonds is 3. The summed E-state index contributed by atoms with van der Waals surface area (Å²) in [7, 11) is 1.91. The van der Waals surface area contributed by atoms with Crippen LogP contribution in [0.1, 0.15) is 25.7 Å². The summed E-state index contributed by atoms with van der Waals surface area (Å²) in [6.07, 6.45) is 3.34. The summed E-state index contributed by atoms with van der Waals surface area (Å²) in [5.41, 5.74) is 1.27. The average Bonchev–Trinajstić information content (AvgIpc) is 3.02. The van der Waals surface area contributed by atoms with E-state index in [4.69, 9.17) is 0 Å². The van der Waals surface area contributed by atoms with Gasteiger partial charge in [-0.05, 0) is 61.8 Å². The van der Waals surface area contributed by atoms with Gasteiger partial charge in [-0.15, -0.1) is 10.2 Å². The van der Waals surface area contributed by atoms with Crippen molar-refractivity contribution in [3.63, 3.8) is 0 Å². The molecule has 0 amide bonds. The molecule has 126 valence electrons. The van der Waals surface area contributed by atoms with Gasteiger partial charge in [0.25, 0.3) is 0 Å². The Balaban J connectivity index is 1.55. The van der Waals surface area contributed by atoms with Crippen molar-refractivity contribution in [1.29, 1.82) is 0 Å². The van der Waals surface area contributed by atoms with Crippen molar-refractivity contribution >= 4 is 5.82 Å². The maximum Gasteiger partial charge on any atom is 0.151 e. The van der Waals surface area contributed by atoms with Crippen LogP contribution in [0, 0.1) is 11.8 Å². The number of hydrogen-bond donors (Lipinski definition) is 1. The summed E-state index contributed by atoms with van der Waals surface area (Å²) in [4.78, 5) is 1.94. The fourth-order valence-corrected chi connectivity index (χ4v) is 4.29. The zero-order chi connectivity index (χ0) is 16.7. The Labute approximate surface area is 141 Å². The zero-order valence-corrected chi connectivity index (χ0v) is 13.8. The molecule has 1 heterocycles. The molecule has 0 saturated heterocycles. The summed E-state index contributed by atoms with van der Waals surface area (Å²) in [5, 5.41) is 18.4. The molecule has 2 saturated carbocycles. The van der Waals surface area contributed by atoms with E-state index in [1.807, 2.05) is 30.1 Å². The van der Waals surface area contributed by atoms with Crippen molar-refractivity contribution in [3.05, 3.63) is 36.4 Å². The van der Waals surface area contributed by atoms with Crippen LogP contribution in [-0.4, -0.2) is 34.6 Å². The third-order valence-corrected chi connectivity index (χ3v) is 5.66. The third kappa shape index (κ3) is 2.62. The second kappa shape index (κ2) is 6.04. The highest BCUT2D eigenvalue weighted by Crippen LogP contribution is 2.45. The van der Waals surface area contributed by atoms with Gasteiger partial charge in [0.05, 0.1) is 11.7 Å². The number of alkyl halides is 1. The monoisotopic (exact) mass is 327 g/mol. The van der Waals surface area contributed by atoms with E-state index < -0.39 is 6.17 Å². The molecule has 2 aliphatic rings. The topological polar surface area (TPSA) is 49.2 Å². The molecule has 24 heavy (non-hydrogen) atoms. The third-order valence-electron chi connectivity index (χ3n) is 5.66. The molecule has 2 bridgehead atoms. The van der Waals surface area contributed by atoms with E-state index in [1.165, 1.54) is 0 Å². The molecule has 2 fully saturated rings. The Kier molecular flexibility index (Phi) is 3.87. The maximum atomic E-state index is 14.7. The maximum absolute atomic E-state index is 14.7. The van der Waals surface area contributed by atoms with Crippen molar-refractivity contribution in [1.82, 2.24) is 10.2 Å². The highest BCUT2D eigenvalue weighted by molar-refractivity contribution is 5.66. The Hall–Kier alpha value is -2.17. The SMILES string of the molecule is CN(c1ccc(-c2ccccc2O)nn1)[C@H]1C[C@@H]2CC[C@@H](C2)[C@H]1F. The minimum Gasteiger partial charge on any atom is -0.507 e. The molecule has 1 aromatic carbocycles. The molecular weight excluding hydrogens is 305 g/mol. The number of phenols is 1. The van der Waals surface area contributed by atoms with E-state index in [1.54, 1.807) is 18.2 Å². The van der Waals surface area contributed by atoms with Gasteiger partial charge in [0.1, 0.15) is 11.9 Å². The largest absolute Gasteiger partial charge is 0.507 e. The smallest absolute Gasteiger partial charge is 0.151 e. The second-order valence-corrected chi connectivity index (χ2v) is 7.09. The number of benzene rings is 1. The summed E-state index contributed by atoms with van der Waals surface area (Å²) in [6, 6.07) is 10.6. The predicted octanol–water partition coefficient (Wildman–Crippen LogP) is 3.81. The molecule has 1 aromatic heterocycles. The molecule has 0 unspecified atom stereocenters. The van der Waals surface area contributed by atoms with Gasteiger partial charge < -0.3 is 10.0 Å². The van der Waals surface area contributed by atoms with E-state index in [0.717, 1.165) is 25.7 Å². The zero-order valence-electron chi connectivity index (χ0n) is 13.8. The van der Waals surface area contributed by atoms with Gasteiger partial charge in [-0.2, -0.15) is 0 Å². The van der Waals surface area contributed by atoms with Gasteiger partial charge in [0, 0.05) is 12.6 Å². The van der Waals surface area contributed by atoms with Crippen molar-refractivity contribution in [3.8, 4) is 17.0 Å². The first-order chi connectivity index (χ1) is 11.6. The van der Waals surface area contributed by atoms with E-state index in [2.05, 4.69) is 10.2 Å². The van der Waals surface area contributed by atoms with Crippen LogP contribution in [0.5, 0.6) is 5.75 Å². The molecule has 4 rings (SSSR count). The number of halogens is 1. The Bertz CT molecular complexity index is 721. The molecule has 4 atom stereocenters. The molecular formula is C19H22FN3O. The second-order valence-electron chi connectivity index (χ2n) is 7.09. The number of nitrogens with zero attached hydrogens (tertiary/aromatic N) is 3. The van der Waals surface area contributed by atoms with Crippen molar-refractivity contribution in [2.24, 2.45) is 11.8 Å². The Morgan fingerprint density at radius 2 is 1.92 bits per heavy atom. The number of aromatic nitrogens is 2. The lowest BCUT2D eigenvalue weighted by atomic mass is 9.83. The van der Waals surface area contributed by atoms with Crippen molar-refractivity contribution in [2.45, 2.75) is 37.9 Å². The average molecular weight is 327 g/mol. The fraction of sp³-hybridized carbons (Fsp3) is 0.474. The quantitative estimate of drug-likeness (QED) is 0.931. The van der Waals surface area contributed by atoms with Gasteiger partial charge in [-0.3, -0.25) is 0 Å². The number of fused-ring (bicyclic) bond motifs is 2. The lowest BCUT2D eigenvalue weighted by molar-refractivity contribution is 0.144. The van der Waals surface area contributed by atoms with Gasteiger partial charge >= 0.3 is 0 Å². The first-order valence-electron chi connectivity index (χ1n) is 8.62. The van der Waals surface area contributed by atoms with Crippen LogP contribution >= 0.6 is 0 Å². The van der Waals surface area contributed by atoms with Crippen LogP contribution in [0.25, 0.3) is 11.3 Å². The van der Waals surface area contributed by atoms with E-state index in [9.17, 15) is 9.50 Å². The van der Waals surface area contributed by atoms with Gasteiger partial charge in [-0.1, -0.05) is 12.1 Å². The standard InChI is InChI=1S/C19H22FN3O/c1-23(16-11-12-6-7-13(10-12)19(16)20)18-9-8-15(21-22-18)14-4-2-3-5-17(14)24/h2-5,8-9,12-13,16,19,24H,6-7,10-11H2,1H3/t12-,13+,16+,19-/m1/s1. The number of phenolic OH excluding ortho intramolecular Hbond substituents is 1. The van der Waals surface area contributed by atoms with Gasteiger partial charge in [0.2, 0.25) is 0 Å². The predicted molar refractivity (Wildman–Crippen MR) is 91.7 cm³/mol. The van der Waals surface area contributed by atoms with E-state index in [0.29, 0.717) is 23.0 Å². The molecule has 4 nitrogen and oxygen atoms in total. The number of anilines is 1. The molecule has 5 heteroatoms. The lowest BCUT2D eigenvalue weighted by Gasteiger charge is -2.38. The van der Waals surface area contributed by atoms with Crippen LogP contribution in [-0.2, 0) is 0 Å². The first-order valence-corrected chi connectivity index (χ1v) is 8.62. The molecule has 1 N–H and O–H groups in total.